The molecule has 1 nitrogen and oxygen atoms in total. The van der Waals surface area contributed by atoms with E-state index in [0.29, 0.717) is 5.92 Å². The van der Waals surface area contributed by atoms with Crippen molar-refractivity contribution in [1.82, 2.24) is 0 Å². The van der Waals surface area contributed by atoms with Crippen LogP contribution >= 0.6 is 0 Å². The highest BCUT2D eigenvalue weighted by Gasteiger charge is 2.22. The zero-order valence-electron chi connectivity index (χ0n) is 8.25. The topological polar surface area (TPSA) is 20.2 Å². The molecule has 13 heavy (non-hydrogen) atoms. The molecule has 0 saturated heterocycles. The molecule has 0 heterocycles. The van der Waals surface area contributed by atoms with Gasteiger partial charge in [0.15, 0.2) is 0 Å². The van der Waals surface area contributed by atoms with Gasteiger partial charge in [0.2, 0.25) is 0 Å². The summed E-state index contributed by atoms with van der Waals surface area (Å²) in [6, 6.07) is 6.37. The largest absolute Gasteiger partial charge is 0.388 e. The highest BCUT2D eigenvalue weighted by atomic mass is 16.3. The fourth-order valence-corrected chi connectivity index (χ4v) is 2.14. The van der Waals surface area contributed by atoms with Crippen LogP contribution in [-0.4, -0.2) is 5.11 Å². The molecule has 2 unspecified atom stereocenters. The Morgan fingerprint density at radius 3 is 2.77 bits per heavy atom. The minimum absolute atomic E-state index is 0.230. The van der Waals surface area contributed by atoms with Gasteiger partial charge in [-0.2, -0.15) is 0 Å². The first-order valence-electron chi connectivity index (χ1n) is 4.97. The molecular formula is C12H16O. The monoisotopic (exact) mass is 176 g/mol. The molecule has 1 aliphatic carbocycles. The van der Waals surface area contributed by atoms with Crippen molar-refractivity contribution in [1.29, 1.82) is 0 Å². The summed E-state index contributed by atoms with van der Waals surface area (Å²) in [5.41, 5.74) is 3.78. The number of fused-ring (bicyclic) bond motifs is 1. The van der Waals surface area contributed by atoms with Crippen LogP contribution in [0.2, 0.25) is 0 Å². The molecule has 0 saturated carbocycles. The van der Waals surface area contributed by atoms with Crippen molar-refractivity contribution in [3.63, 3.8) is 0 Å². The van der Waals surface area contributed by atoms with Crippen LogP contribution < -0.4 is 0 Å². The predicted octanol–water partition coefficient (Wildman–Crippen LogP) is 2.93. The second kappa shape index (κ2) is 3.15. The Kier molecular flexibility index (Phi) is 2.12. The molecule has 2 atom stereocenters. The van der Waals surface area contributed by atoms with Crippen LogP contribution in [-0.2, 0) is 0 Å². The van der Waals surface area contributed by atoms with Crippen LogP contribution in [0.3, 0.4) is 0 Å². The van der Waals surface area contributed by atoms with E-state index in [2.05, 4.69) is 32.0 Å². The van der Waals surface area contributed by atoms with Crippen molar-refractivity contribution in [2.45, 2.75) is 38.7 Å². The lowest BCUT2D eigenvalue weighted by Gasteiger charge is -2.26. The first-order chi connectivity index (χ1) is 6.18. The van der Waals surface area contributed by atoms with Gasteiger partial charge < -0.3 is 5.11 Å². The normalized spacial score (nSPS) is 27.0. The summed E-state index contributed by atoms with van der Waals surface area (Å²) in [6.45, 7) is 4.35. The number of aliphatic hydroxyl groups is 1. The lowest BCUT2D eigenvalue weighted by Crippen LogP contribution is -2.12. The molecule has 1 aromatic rings. The summed E-state index contributed by atoms with van der Waals surface area (Å²) in [6.07, 6.45) is 1.79. The maximum Gasteiger partial charge on any atom is 0.0793 e. The molecule has 0 fully saturated rings. The first kappa shape index (κ1) is 8.76. The Morgan fingerprint density at radius 1 is 1.23 bits per heavy atom. The van der Waals surface area contributed by atoms with Crippen molar-refractivity contribution >= 4 is 0 Å². The van der Waals surface area contributed by atoms with E-state index in [-0.39, 0.29) is 6.10 Å². The summed E-state index contributed by atoms with van der Waals surface area (Å²) >= 11 is 0. The molecule has 1 aromatic carbocycles. The number of benzene rings is 1. The van der Waals surface area contributed by atoms with Gasteiger partial charge in [0.1, 0.15) is 0 Å². The molecule has 0 radical (unpaired) electrons. The fourth-order valence-electron chi connectivity index (χ4n) is 2.14. The third-order valence-electron chi connectivity index (χ3n) is 3.01. The smallest absolute Gasteiger partial charge is 0.0793 e. The van der Waals surface area contributed by atoms with Gasteiger partial charge in [-0.3, -0.25) is 0 Å². The van der Waals surface area contributed by atoms with Gasteiger partial charge in [-0.05, 0) is 36.8 Å². The highest BCUT2D eigenvalue weighted by molar-refractivity contribution is 5.37. The predicted molar refractivity (Wildman–Crippen MR) is 53.8 cm³/mol. The lowest BCUT2D eigenvalue weighted by atomic mass is 9.82. The van der Waals surface area contributed by atoms with Crippen LogP contribution in [0.1, 0.15) is 48.5 Å². The number of hydrogen-bond donors (Lipinski definition) is 1. The third-order valence-corrected chi connectivity index (χ3v) is 3.01. The summed E-state index contributed by atoms with van der Waals surface area (Å²) < 4.78 is 0. The molecule has 1 N–H and O–H groups in total. The van der Waals surface area contributed by atoms with E-state index in [9.17, 15) is 5.11 Å². The van der Waals surface area contributed by atoms with Gasteiger partial charge in [-0.25, -0.2) is 0 Å². The molecule has 0 amide bonds. The Bertz CT molecular complexity index is 317. The SMILES string of the molecule is Cc1ccc2c(c1)C(C)CCC2O. The second-order valence-electron chi connectivity index (χ2n) is 4.13. The van der Waals surface area contributed by atoms with Crippen LogP contribution in [0.5, 0.6) is 0 Å². The number of aliphatic hydroxyl groups excluding tert-OH is 1. The van der Waals surface area contributed by atoms with Gasteiger partial charge in [0.25, 0.3) is 0 Å². The summed E-state index contributed by atoms with van der Waals surface area (Å²) in [5.74, 6) is 0.610. The van der Waals surface area contributed by atoms with Crippen molar-refractivity contribution in [3.05, 3.63) is 34.9 Å². The lowest BCUT2D eigenvalue weighted by molar-refractivity contribution is 0.151. The molecule has 0 aromatic heterocycles. The molecule has 1 heteroatoms. The average molecular weight is 176 g/mol. The molecule has 0 aliphatic heterocycles. The minimum atomic E-state index is -0.230. The van der Waals surface area contributed by atoms with Crippen molar-refractivity contribution in [2.24, 2.45) is 0 Å². The zero-order chi connectivity index (χ0) is 9.42. The van der Waals surface area contributed by atoms with Gasteiger partial charge in [0.05, 0.1) is 6.10 Å². The quantitative estimate of drug-likeness (QED) is 0.644. The van der Waals surface area contributed by atoms with Crippen LogP contribution in [0, 0.1) is 6.92 Å². The highest BCUT2D eigenvalue weighted by Crippen LogP contribution is 2.37. The molecule has 1 aliphatic rings. The maximum atomic E-state index is 9.77. The number of aryl methyl sites for hydroxylation is 1. The van der Waals surface area contributed by atoms with E-state index in [0.717, 1.165) is 18.4 Å². The van der Waals surface area contributed by atoms with Crippen LogP contribution in [0.25, 0.3) is 0 Å². The van der Waals surface area contributed by atoms with Gasteiger partial charge in [0, 0.05) is 0 Å². The first-order valence-corrected chi connectivity index (χ1v) is 4.97. The summed E-state index contributed by atoms with van der Waals surface area (Å²) in [5, 5.41) is 9.77. The molecule has 0 bridgehead atoms. The number of rotatable bonds is 0. The Morgan fingerprint density at radius 2 is 2.00 bits per heavy atom. The van der Waals surface area contributed by atoms with Crippen molar-refractivity contribution in [2.75, 3.05) is 0 Å². The molecular weight excluding hydrogens is 160 g/mol. The Hall–Kier alpha value is -0.820. The van der Waals surface area contributed by atoms with E-state index in [1.165, 1.54) is 11.1 Å². The van der Waals surface area contributed by atoms with Crippen molar-refractivity contribution in [3.8, 4) is 0 Å². The maximum absolute atomic E-state index is 9.77. The van der Waals surface area contributed by atoms with E-state index < -0.39 is 0 Å². The van der Waals surface area contributed by atoms with Gasteiger partial charge in [-0.15, -0.1) is 0 Å². The summed E-state index contributed by atoms with van der Waals surface area (Å²) in [4.78, 5) is 0. The van der Waals surface area contributed by atoms with E-state index >= 15 is 0 Å². The van der Waals surface area contributed by atoms with Gasteiger partial charge in [-0.1, -0.05) is 30.7 Å². The van der Waals surface area contributed by atoms with Crippen molar-refractivity contribution < 1.29 is 5.11 Å². The summed E-state index contributed by atoms with van der Waals surface area (Å²) in [7, 11) is 0. The van der Waals surface area contributed by atoms with Gasteiger partial charge >= 0.3 is 0 Å². The Labute approximate surface area is 79.4 Å². The minimum Gasteiger partial charge on any atom is -0.388 e. The molecule has 0 spiro atoms. The standard InChI is InChI=1S/C12H16O/c1-8-3-5-10-11(7-8)9(2)4-6-12(10)13/h3,5,7,9,12-13H,4,6H2,1-2H3. The third kappa shape index (κ3) is 1.49. The van der Waals surface area contributed by atoms with E-state index in [1.807, 2.05) is 0 Å². The molecule has 70 valence electrons. The van der Waals surface area contributed by atoms with Crippen LogP contribution in [0.15, 0.2) is 18.2 Å². The van der Waals surface area contributed by atoms with Crippen LogP contribution in [0.4, 0.5) is 0 Å². The average Bonchev–Trinajstić information content (AvgIpc) is 2.12. The second-order valence-corrected chi connectivity index (χ2v) is 4.13. The zero-order valence-corrected chi connectivity index (χ0v) is 8.25. The van der Waals surface area contributed by atoms with E-state index in [4.69, 9.17) is 0 Å². The number of hydrogen-bond acceptors (Lipinski definition) is 1. The molecule has 2 rings (SSSR count). The fraction of sp³-hybridized carbons (Fsp3) is 0.500. The Balaban J connectivity index is 2.50. The van der Waals surface area contributed by atoms with E-state index in [1.54, 1.807) is 0 Å².